The van der Waals surface area contributed by atoms with E-state index in [4.69, 9.17) is 5.26 Å². The van der Waals surface area contributed by atoms with Crippen LogP contribution < -0.4 is 5.56 Å². The van der Waals surface area contributed by atoms with Gasteiger partial charge >= 0.3 is 0 Å². The van der Waals surface area contributed by atoms with Crippen LogP contribution in [0.3, 0.4) is 0 Å². The summed E-state index contributed by atoms with van der Waals surface area (Å²) < 4.78 is 1.35. The van der Waals surface area contributed by atoms with E-state index in [1.807, 2.05) is 32.0 Å². The molecule has 0 saturated carbocycles. The van der Waals surface area contributed by atoms with Gasteiger partial charge in [0.25, 0.3) is 5.56 Å². The first-order chi connectivity index (χ1) is 9.11. The predicted molar refractivity (Wildman–Crippen MR) is 73.6 cm³/mol. The van der Waals surface area contributed by atoms with Crippen LogP contribution in [0.2, 0.25) is 0 Å². The highest BCUT2D eigenvalue weighted by atomic mass is 16.1. The largest absolute Gasteiger partial charge is 0.268 e. The first kappa shape index (κ1) is 13.0. The van der Waals surface area contributed by atoms with Crippen molar-refractivity contribution >= 4 is 0 Å². The van der Waals surface area contributed by atoms with Gasteiger partial charge in [-0.3, -0.25) is 4.79 Å². The third-order valence-electron chi connectivity index (χ3n) is 2.96. The standard InChI is InChI=1S/C15H15N3O/c1-11-4-5-13(12(2)10-11)14-6-7-15(19)18(17-14)9-3-8-16/h4-7,10H,3,9H2,1-2H3. The Balaban J connectivity index is 2.46. The number of aromatic nitrogens is 2. The second-order valence-corrected chi connectivity index (χ2v) is 4.51. The van der Waals surface area contributed by atoms with E-state index in [0.29, 0.717) is 6.54 Å². The molecule has 0 aliphatic carbocycles. The molecule has 0 saturated heterocycles. The molecule has 0 aliphatic heterocycles. The van der Waals surface area contributed by atoms with Crippen molar-refractivity contribution < 1.29 is 0 Å². The van der Waals surface area contributed by atoms with Crippen molar-refractivity contribution in [2.24, 2.45) is 0 Å². The Morgan fingerprint density at radius 2 is 2.05 bits per heavy atom. The van der Waals surface area contributed by atoms with Crippen molar-refractivity contribution in [2.75, 3.05) is 0 Å². The molecule has 19 heavy (non-hydrogen) atoms. The number of nitriles is 1. The normalized spacial score (nSPS) is 10.2. The summed E-state index contributed by atoms with van der Waals surface area (Å²) in [6, 6.07) is 11.4. The van der Waals surface area contributed by atoms with E-state index in [2.05, 4.69) is 11.2 Å². The lowest BCUT2D eigenvalue weighted by atomic mass is 10.0. The average molecular weight is 253 g/mol. The molecule has 0 spiro atoms. The van der Waals surface area contributed by atoms with Crippen LogP contribution in [0.1, 0.15) is 17.5 Å². The minimum Gasteiger partial charge on any atom is -0.268 e. The number of aryl methyl sites for hydroxylation is 3. The number of hydrogen-bond acceptors (Lipinski definition) is 3. The Hall–Kier alpha value is -2.41. The summed E-state index contributed by atoms with van der Waals surface area (Å²) in [5.41, 5.74) is 3.91. The molecule has 0 bridgehead atoms. The van der Waals surface area contributed by atoms with Gasteiger partial charge in [-0.25, -0.2) is 4.68 Å². The molecule has 1 aromatic heterocycles. The number of hydrogen-bond donors (Lipinski definition) is 0. The third kappa shape index (κ3) is 2.89. The van der Waals surface area contributed by atoms with Gasteiger partial charge in [0.2, 0.25) is 0 Å². The topological polar surface area (TPSA) is 58.7 Å². The number of rotatable bonds is 3. The van der Waals surface area contributed by atoms with E-state index in [0.717, 1.165) is 16.8 Å². The first-order valence-electron chi connectivity index (χ1n) is 6.14. The molecule has 1 aromatic carbocycles. The van der Waals surface area contributed by atoms with Crippen molar-refractivity contribution in [1.29, 1.82) is 5.26 Å². The fourth-order valence-corrected chi connectivity index (χ4v) is 2.01. The molecule has 0 aliphatic rings. The SMILES string of the molecule is Cc1ccc(-c2ccc(=O)n(CCC#N)n2)c(C)c1. The van der Waals surface area contributed by atoms with E-state index in [1.165, 1.54) is 16.3 Å². The summed E-state index contributed by atoms with van der Waals surface area (Å²) >= 11 is 0. The first-order valence-corrected chi connectivity index (χ1v) is 6.14. The van der Waals surface area contributed by atoms with Gasteiger partial charge in [0, 0.05) is 11.6 Å². The van der Waals surface area contributed by atoms with Gasteiger partial charge in [0.05, 0.1) is 24.7 Å². The van der Waals surface area contributed by atoms with Crippen molar-refractivity contribution in [1.82, 2.24) is 9.78 Å². The maximum atomic E-state index is 11.6. The molecule has 96 valence electrons. The van der Waals surface area contributed by atoms with Crippen molar-refractivity contribution in [3.05, 3.63) is 51.8 Å². The van der Waals surface area contributed by atoms with Crippen molar-refractivity contribution in [3.63, 3.8) is 0 Å². The Labute approximate surface area is 111 Å². The lowest BCUT2D eigenvalue weighted by Crippen LogP contribution is -2.22. The Bertz CT molecular complexity index is 695. The van der Waals surface area contributed by atoms with Gasteiger partial charge in [0.15, 0.2) is 0 Å². The summed E-state index contributed by atoms with van der Waals surface area (Å²) in [4.78, 5) is 11.6. The fourth-order valence-electron chi connectivity index (χ4n) is 2.01. The van der Waals surface area contributed by atoms with E-state index < -0.39 is 0 Å². The maximum absolute atomic E-state index is 11.6. The average Bonchev–Trinajstić information content (AvgIpc) is 2.38. The van der Waals surface area contributed by atoms with Gasteiger partial charge < -0.3 is 0 Å². The van der Waals surface area contributed by atoms with Crippen LogP contribution in [-0.4, -0.2) is 9.78 Å². The van der Waals surface area contributed by atoms with Crippen molar-refractivity contribution in [3.8, 4) is 17.3 Å². The zero-order valence-corrected chi connectivity index (χ0v) is 11.1. The minimum absolute atomic E-state index is 0.177. The Morgan fingerprint density at radius 3 is 2.74 bits per heavy atom. The molecule has 0 amide bonds. The van der Waals surface area contributed by atoms with Crippen LogP contribution in [0, 0.1) is 25.2 Å². The highest BCUT2D eigenvalue weighted by Crippen LogP contribution is 2.21. The smallest absolute Gasteiger partial charge is 0.266 e. The Kier molecular flexibility index (Phi) is 3.76. The van der Waals surface area contributed by atoms with Crippen LogP contribution >= 0.6 is 0 Å². The second kappa shape index (κ2) is 5.49. The van der Waals surface area contributed by atoms with Gasteiger partial charge in [-0.15, -0.1) is 0 Å². The summed E-state index contributed by atoms with van der Waals surface area (Å²) in [6.45, 7) is 4.39. The lowest BCUT2D eigenvalue weighted by molar-refractivity contribution is 0.591. The van der Waals surface area contributed by atoms with Crippen LogP contribution in [0.25, 0.3) is 11.3 Å². The summed E-state index contributed by atoms with van der Waals surface area (Å²) in [5, 5.41) is 12.9. The molecule has 2 aromatic rings. The Morgan fingerprint density at radius 1 is 1.26 bits per heavy atom. The molecule has 2 rings (SSSR count). The summed E-state index contributed by atoms with van der Waals surface area (Å²) in [5.74, 6) is 0. The molecule has 1 heterocycles. The minimum atomic E-state index is -0.177. The van der Waals surface area contributed by atoms with E-state index in [1.54, 1.807) is 6.07 Å². The van der Waals surface area contributed by atoms with Crippen LogP contribution in [0.4, 0.5) is 0 Å². The van der Waals surface area contributed by atoms with Gasteiger partial charge in [-0.1, -0.05) is 23.8 Å². The molecular formula is C15H15N3O. The van der Waals surface area contributed by atoms with E-state index in [9.17, 15) is 4.79 Å². The number of benzene rings is 1. The van der Waals surface area contributed by atoms with E-state index in [-0.39, 0.29) is 12.0 Å². The monoisotopic (exact) mass is 253 g/mol. The fraction of sp³-hybridized carbons (Fsp3) is 0.267. The third-order valence-corrected chi connectivity index (χ3v) is 2.96. The molecule has 0 radical (unpaired) electrons. The lowest BCUT2D eigenvalue weighted by Gasteiger charge is -2.08. The highest BCUT2D eigenvalue weighted by Gasteiger charge is 2.06. The van der Waals surface area contributed by atoms with Gasteiger partial charge in [-0.05, 0) is 25.5 Å². The molecular weight excluding hydrogens is 238 g/mol. The molecule has 4 nitrogen and oxygen atoms in total. The second-order valence-electron chi connectivity index (χ2n) is 4.51. The molecule has 0 unspecified atom stereocenters. The summed E-state index contributed by atoms with van der Waals surface area (Å²) in [7, 11) is 0. The van der Waals surface area contributed by atoms with Gasteiger partial charge in [-0.2, -0.15) is 10.4 Å². The van der Waals surface area contributed by atoms with Crippen molar-refractivity contribution in [2.45, 2.75) is 26.8 Å². The van der Waals surface area contributed by atoms with Crippen LogP contribution in [0.5, 0.6) is 0 Å². The number of nitrogens with zero attached hydrogens (tertiary/aromatic N) is 3. The molecule has 0 fully saturated rings. The van der Waals surface area contributed by atoms with E-state index >= 15 is 0 Å². The molecule has 0 N–H and O–H groups in total. The van der Waals surface area contributed by atoms with Gasteiger partial charge in [0.1, 0.15) is 0 Å². The zero-order valence-electron chi connectivity index (χ0n) is 11.1. The van der Waals surface area contributed by atoms with Crippen LogP contribution in [-0.2, 0) is 6.54 Å². The summed E-state index contributed by atoms with van der Waals surface area (Å²) in [6.07, 6.45) is 0.281. The predicted octanol–water partition coefficient (Wildman–Crippen LogP) is 2.44. The quantitative estimate of drug-likeness (QED) is 0.844. The molecule has 0 atom stereocenters. The molecule has 4 heteroatoms. The maximum Gasteiger partial charge on any atom is 0.266 e. The van der Waals surface area contributed by atoms with Crippen LogP contribution in [0.15, 0.2) is 35.1 Å². The highest BCUT2D eigenvalue weighted by molar-refractivity contribution is 5.63. The zero-order chi connectivity index (χ0) is 13.8.